The van der Waals surface area contributed by atoms with E-state index in [4.69, 9.17) is 0 Å². The summed E-state index contributed by atoms with van der Waals surface area (Å²) in [5.41, 5.74) is 0.0408. The molecule has 1 aromatic rings. The monoisotopic (exact) mass is 422 g/mol. The molecule has 11 heteroatoms. The fourth-order valence-electron chi connectivity index (χ4n) is 3.18. The number of sulfonamides is 1. The lowest BCUT2D eigenvalue weighted by molar-refractivity contribution is -0.406. The maximum atomic E-state index is 13.0. The largest absolute Gasteiger partial charge is 0.501 e. The van der Waals surface area contributed by atoms with Crippen LogP contribution in [0.5, 0.6) is 0 Å². The summed E-state index contributed by atoms with van der Waals surface area (Å²) in [6.45, 7) is 3.64. The maximum Gasteiger partial charge on any atom is 0.501 e. The Morgan fingerprint density at radius 2 is 2.04 bits per heavy atom. The molecule has 0 bridgehead atoms. The molecule has 1 aromatic heterocycles. The average Bonchev–Trinajstić information content (AvgIpc) is 3.20. The summed E-state index contributed by atoms with van der Waals surface area (Å²) in [6.07, 6.45) is 5.94. The molecule has 0 radical (unpaired) electrons. The van der Waals surface area contributed by atoms with E-state index in [1.807, 2.05) is 6.92 Å². The Hall–Kier alpha value is -2.24. The van der Waals surface area contributed by atoms with E-state index in [1.54, 1.807) is 14.0 Å². The number of nitrogens with zero attached hydrogens (tertiary/aromatic N) is 4. The smallest absolute Gasteiger partial charge is 0.245 e. The molecule has 0 spiro atoms. The molecule has 1 atom stereocenters. The number of hydrogen-bond acceptors (Lipinski definition) is 7. The van der Waals surface area contributed by atoms with Crippen molar-refractivity contribution in [2.45, 2.75) is 38.8 Å². The molecular formula is C17H20N5O4S2+. The fourth-order valence-corrected chi connectivity index (χ4v) is 5.41. The predicted octanol–water partition coefficient (Wildman–Crippen LogP) is 0.934. The lowest BCUT2D eigenvalue weighted by Crippen LogP contribution is -2.53. The molecule has 1 fully saturated rings. The summed E-state index contributed by atoms with van der Waals surface area (Å²) in [5, 5.41) is 9.16. The van der Waals surface area contributed by atoms with Crippen LogP contribution < -0.4 is 4.72 Å². The second-order valence-corrected chi connectivity index (χ2v) is 10.4. The van der Waals surface area contributed by atoms with Crippen molar-refractivity contribution in [2.24, 2.45) is 5.92 Å². The Morgan fingerprint density at radius 1 is 1.32 bits per heavy atom. The molecule has 0 saturated heterocycles. The van der Waals surface area contributed by atoms with Gasteiger partial charge in [0.1, 0.15) is 16.6 Å². The molecule has 4 rings (SSSR count). The number of aryl methyl sites for hydroxylation is 1. The van der Waals surface area contributed by atoms with Crippen LogP contribution in [0.25, 0.3) is 0 Å². The van der Waals surface area contributed by atoms with Crippen molar-refractivity contribution >= 4 is 39.0 Å². The molecule has 1 aliphatic heterocycles. The molecule has 1 N–H and O–H groups in total. The van der Waals surface area contributed by atoms with Gasteiger partial charge in [-0.1, -0.05) is 11.3 Å². The van der Waals surface area contributed by atoms with Gasteiger partial charge in [-0.3, -0.25) is 0 Å². The van der Waals surface area contributed by atoms with E-state index >= 15 is 0 Å². The molecule has 3 aliphatic rings. The standard InChI is InChI=1S/C17H20N5O4S2/c1-10-18-19-14(27-10)9-22-15(23)12-8-11(4-5-13(12)21(3)16(22)24)28(25,26)20-17(2)6-7-17/h4-5,8,12,20H,6-7,9H2,1-3H3/q+1. The first kappa shape index (κ1) is 19.1. The summed E-state index contributed by atoms with van der Waals surface area (Å²) in [4.78, 5) is 26.8. The second kappa shape index (κ2) is 6.39. The number of carbonyl (C=O) groups is 2. The quantitative estimate of drug-likeness (QED) is 0.707. The highest BCUT2D eigenvalue weighted by Gasteiger charge is 2.48. The van der Waals surface area contributed by atoms with E-state index < -0.39 is 33.4 Å². The SMILES string of the molecule is Cc1nnc(CN2C(=O)C3C=C(S(=O)(=O)NC4(C)CC4)C=CC3=[N+](C)C2=O)s1. The zero-order valence-corrected chi connectivity index (χ0v) is 17.3. The Bertz CT molecular complexity index is 1080. The summed E-state index contributed by atoms with van der Waals surface area (Å²) < 4.78 is 29.4. The number of hydrogen-bond donors (Lipinski definition) is 1. The van der Waals surface area contributed by atoms with Crippen LogP contribution >= 0.6 is 11.3 Å². The van der Waals surface area contributed by atoms with Crippen LogP contribution in [0.4, 0.5) is 4.79 Å². The van der Waals surface area contributed by atoms with Crippen molar-refractivity contribution in [3.63, 3.8) is 0 Å². The minimum Gasteiger partial charge on any atom is -0.245 e. The summed E-state index contributed by atoms with van der Waals surface area (Å²) in [6, 6.07) is -0.475. The van der Waals surface area contributed by atoms with E-state index in [9.17, 15) is 18.0 Å². The summed E-state index contributed by atoms with van der Waals surface area (Å²) in [7, 11) is -2.17. The van der Waals surface area contributed by atoms with Crippen molar-refractivity contribution in [3.8, 4) is 0 Å². The Morgan fingerprint density at radius 3 is 2.64 bits per heavy atom. The summed E-state index contributed by atoms with van der Waals surface area (Å²) in [5.74, 6) is -1.32. The maximum absolute atomic E-state index is 13.0. The van der Waals surface area contributed by atoms with Gasteiger partial charge in [-0.2, -0.15) is 14.3 Å². The first-order valence-corrected chi connectivity index (χ1v) is 11.1. The first-order chi connectivity index (χ1) is 13.1. The Balaban J connectivity index is 1.66. The minimum atomic E-state index is -3.74. The van der Waals surface area contributed by atoms with Gasteiger partial charge in [0.15, 0.2) is 11.6 Å². The number of fused-ring (bicyclic) bond motifs is 1. The molecule has 148 valence electrons. The number of amides is 3. The molecule has 1 unspecified atom stereocenters. The molecular weight excluding hydrogens is 402 g/mol. The topological polar surface area (TPSA) is 112 Å². The highest BCUT2D eigenvalue weighted by Crippen LogP contribution is 2.36. The van der Waals surface area contributed by atoms with Crippen LogP contribution in [0.2, 0.25) is 0 Å². The number of carbonyl (C=O) groups excluding carboxylic acids is 2. The molecule has 2 aliphatic carbocycles. The van der Waals surface area contributed by atoms with Gasteiger partial charge in [-0.25, -0.2) is 17.9 Å². The molecule has 28 heavy (non-hydrogen) atoms. The van der Waals surface area contributed by atoms with Crippen LogP contribution in [0.1, 0.15) is 29.8 Å². The van der Waals surface area contributed by atoms with Gasteiger partial charge in [0.25, 0.3) is 0 Å². The molecule has 1 saturated carbocycles. The zero-order valence-electron chi connectivity index (χ0n) is 15.7. The fraction of sp³-hybridized carbons (Fsp3) is 0.471. The third-order valence-corrected chi connectivity index (χ3v) is 7.54. The van der Waals surface area contributed by atoms with E-state index in [0.717, 1.165) is 22.7 Å². The van der Waals surface area contributed by atoms with Gasteiger partial charge in [-0.05, 0) is 44.9 Å². The number of nitrogens with one attached hydrogen (secondary N) is 1. The van der Waals surface area contributed by atoms with E-state index in [0.29, 0.717) is 10.7 Å². The third kappa shape index (κ3) is 3.33. The van der Waals surface area contributed by atoms with Crippen molar-refractivity contribution in [1.29, 1.82) is 0 Å². The van der Waals surface area contributed by atoms with Crippen molar-refractivity contribution in [3.05, 3.63) is 33.1 Å². The second-order valence-electron chi connectivity index (χ2n) is 7.45. The van der Waals surface area contributed by atoms with Crippen LogP contribution in [-0.2, 0) is 21.4 Å². The van der Waals surface area contributed by atoms with Gasteiger partial charge >= 0.3 is 11.9 Å². The first-order valence-electron chi connectivity index (χ1n) is 8.78. The van der Waals surface area contributed by atoms with Gasteiger partial charge in [-0.15, -0.1) is 10.2 Å². The predicted molar refractivity (Wildman–Crippen MR) is 102 cm³/mol. The van der Waals surface area contributed by atoms with Crippen molar-refractivity contribution < 1.29 is 22.6 Å². The van der Waals surface area contributed by atoms with Crippen molar-refractivity contribution in [1.82, 2.24) is 19.8 Å². The summed E-state index contributed by atoms with van der Waals surface area (Å²) >= 11 is 1.31. The van der Waals surface area contributed by atoms with Gasteiger partial charge in [0, 0.05) is 5.54 Å². The van der Waals surface area contributed by atoms with E-state index in [1.165, 1.54) is 34.1 Å². The molecule has 0 aromatic carbocycles. The van der Waals surface area contributed by atoms with Crippen molar-refractivity contribution in [2.75, 3.05) is 7.05 Å². The third-order valence-electron chi connectivity index (χ3n) is 5.06. The highest BCUT2D eigenvalue weighted by atomic mass is 32.2. The lowest BCUT2D eigenvalue weighted by atomic mass is 9.94. The zero-order chi connectivity index (χ0) is 20.3. The van der Waals surface area contributed by atoms with Gasteiger partial charge < -0.3 is 0 Å². The van der Waals surface area contributed by atoms with Crippen LogP contribution in [0.3, 0.4) is 0 Å². The van der Waals surface area contributed by atoms with Crippen LogP contribution in [0, 0.1) is 12.8 Å². The van der Waals surface area contributed by atoms with E-state index in [2.05, 4.69) is 14.9 Å². The number of urea groups is 1. The van der Waals surface area contributed by atoms with Crippen LogP contribution in [-0.4, -0.2) is 58.3 Å². The van der Waals surface area contributed by atoms with Gasteiger partial charge in [0.2, 0.25) is 10.0 Å². The number of allylic oxidation sites excluding steroid dienone is 2. The lowest BCUT2D eigenvalue weighted by Gasteiger charge is -2.26. The number of aromatic nitrogens is 2. The molecule has 2 heterocycles. The highest BCUT2D eigenvalue weighted by molar-refractivity contribution is 7.93. The normalized spacial score (nSPS) is 23.8. The number of imide groups is 1. The Labute approximate surface area is 166 Å². The van der Waals surface area contributed by atoms with E-state index in [-0.39, 0.29) is 11.4 Å². The minimum absolute atomic E-state index is 0.00719. The Kier molecular flexibility index (Phi) is 4.36. The molecule has 9 nitrogen and oxygen atoms in total. The number of rotatable bonds is 5. The van der Waals surface area contributed by atoms with Gasteiger partial charge in [0.05, 0.1) is 12.0 Å². The molecule has 3 amide bonds. The average molecular weight is 423 g/mol. The van der Waals surface area contributed by atoms with Crippen LogP contribution in [0.15, 0.2) is 23.1 Å².